The first kappa shape index (κ1) is 13.9. The standard InChI is InChI=1S/C16H24N2O/c1-4-7-15(19)18-16(2,3)13-9-5-10-14-12(13)8-6-11-17-14/h5,9-10,17H,4,6-8,11H2,1-3H3,(H,18,19). The molecule has 3 nitrogen and oxygen atoms in total. The summed E-state index contributed by atoms with van der Waals surface area (Å²) in [6, 6.07) is 6.33. The quantitative estimate of drug-likeness (QED) is 0.873. The van der Waals surface area contributed by atoms with Crippen LogP contribution in [0.4, 0.5) is 5.69 Å². The Morgan fingerprint density at radius 1 is 1.42 bits per heavy atom. The summed E-state index contributed by atoms with van der Waals surface area (Å²) in [6.45, 7) is 7.25. The van der Waals surface area contributed by atoms with Gasteiger partial charge >= 0.3 is 0 Å². The van der Waals surface area contributed by atoms with Crippen molar-refractivity contribution >= 4 is 11.6 Å². The largest absolute Gasteiger partial charge is 0.385 e. The number of hydrogen-bond acceptors (Lipinski definition) is 2. The normalized spacial score (nSPS) is 14.5. The fraction of sp³-hybridized carbons (Fsp3) is 0.562. The van der Waals surface area contributed by atoms with Crippen molar-refractivity contribution in [3.05, 3.63) is 29.3 Å². The summed E-state index contributed by atoms with van der Waals surface area (Å²) in [5, 5.41) is 6.60. The van der Waals surface area contributed by atoms with Crippen LogP contribution in [0.5, 0.6) is 0 Å². The van der Waals surface area contributed by atoms with E-state index in [0.717, 1.165) is 25.8 Å². The van der Waals surface area contributed by atoms with Gasteiger partial charge in [0, 0.05) is 18.7 Å². The molecule has 0 saturated carbocycles. The van der Waals surface area contributed by atoms with Gasteiger partial charge < -0.3 is 10.6 Å². The third-order valence-corrected chi connectivity index (χ3v) is 3.70. The van der Waals surface area contributed by atoms with Crippen molar-refractivity contribution in [2.45, 2.75) is 52.0 Å². The van der Waals surface area contributed by atoms with Crippen molar-refractivity contribution in [1.29, 1.82) is 0 Å². The van der Waals surface area contributed by atoms with E-state index in [1.54, 1.807) is 0 Å². The monoisotopic (exact) mass is 260 g/mol. The van der Waals surface area contributed by atoms with Crippen LogP contribution in [0.1, 0.15) is 51.2 Å². The summed E-state index contributed by atoms with van der Waals surface area (Å²) in [5.74, 6) is 0.133. The molecule has 0 radical (unpaired) electrons. The predicted octanol–water partition coefficient (Wildman–Crippen LogP) is 3.20. The van der Waals surface area contributed by atoms with Gasteiger partial charge in [0.2, 0.25) is 5.91 Å². The van der Waals surface area contributed by atoms with Crippen LogP contribution in [0.2, 0.25) is 0 Å². The molecule has 1 aliphatic rings. The molecule has 19 heavy (non-hydrogen) atoms. The number of rotatable bonds is 4. The van der Waals surface area contributed by atoms with Gasteiger partial charge in [0.05, 0.1) is 5.54 Å². The Morgan fingerprint density at radius 2 is 2.21 bits per heavy atom. The molecule has 1 aromatic rings. The van der Waals surface area contributed by atoms with Gasteiger partial charge in [-0.2, -0.15) is 0 Å². The highest BCUT2D eigenvalue weighted by Crippen LogP contribution is 2.32. The van der Waals surface area contributed by atoms with Crippen molar-refractivity contribution in [1.82, 2.24) is 5.32 Å². The van der Waals surface area contributed by atoms with E-state index in [0.29, 0.717) is 6.42 Å². The van der Waals surface area contributed by atoms with E-state index in [1.165, 1.54) is 16.8 Å². The second-order valence-corrected chi connectivity index (χ2v) is 5.79. The van der Waals surface area contributed by atoms with Crippen molar-refractivity contribution in [2.75, 3.05) is 11.9 Å². The molecule has 2 rings (SSSR count). The molecule has 1 heterocycles. The SMILES string of the molecule is CCCC(=O)NC(C)(C)c1cccc2c1CCCN2. The number of fused-ring (bicyclic) bond motifs is 1. The summed E-state index contributed by atoms with van der Waals surface area (Å²) >= 11 is 0. The molecule has 0 saturated heterocycles. The van der Waals surface area contributed by atoms with Crippen LogP contribution in [-0.2, 0) is 16.8 Å². The third kappa shape index (κ3) is 3.09. The lowest BCUT2D eigenvalue weighted by molar-refractivity contribution is -0.122. The Morgan fingerprint density at radius 3 is 2.95 bits per heavy atom. The lowest BCUT2D eigenvalue weighted by atomic mass is 9.86. The van der Waals surface area contributed by atoms with E-state index in [4.69, 9.17) is 0 Å². The Kier molecular flexibility index (Phi) is 4.13. The molecule has 0 aliphatic carbocycles. The van der Waals surface area contributed by atoms with Crippen LogP contribution in [0.25, 0.3) is 0 Å². The zero-order valence-electron chi connectivity index (χ0n) is 12.2. The fourth-order valence-electron chi connectivity index (χ4n) is 2.80. The fourth-order valence-corrected chi connectivity index (χ4v) is 2.80. The Balaban J connectivity index is 2.27. The Labute approximate surface area is 115 Å². The highest BCUT2D eigenvalue weighted by atomic mass is 16.1. The maximum absolute atomic E-state index is 11.9. The first-order chi connectivity index (χ1) is 9.04. The number of amides is 1. The molecule has 0 fully saturated rings. The zero-order chi connectivity index (χ0) is 13.9. The second-order valence-electron chi connectivity index (χ2n) is 5.79. The topological polar surface area (TPSA) is 41.1 Å². The van der Waals surface area contributed by atoms with Gasteiger partial charge in [0.1, 0.15) is 0 Å². The summed E-state index contributed by atoms with van der Waals surface area (Å²) in [5.41, 5.74) is 3.51. The first-order valence-electron chi connectivity index (χ1n) is 7.22. The number of hydrogen-bond donors (Lipinski definition) is 2. The van der Waals surface area contributed by atoms with Crippen LogP contribution >= 0.6 is 0 Å². The van der Waals surface area contributed by atoms with E-state index in [1.807, 2.05) is 6.92 Å². The van der Waals surface area contributed by atoms with Gasteiger partial charge in [-0.3, -0.25) is 4.79 Å². The minimum atomic E-state index is -0.309. The highest BCUT2D eigenvalue weighted by molar-refractivity contribution is 5.77. The molecule has 1 amide bonds. The van der Waals surface area contributed by atoms with Crippen LogP contribution in [0.15, 0.2) is 18.2 Å². The van der Waals surface area contributed by atoms with Gasteiger partial charge in [0.25, 0.3) is 0 Å². The molecule has 0 aromatic heterocycles. The van der Waals surface area contributed by atoms with Gasteiger partial charge in [-0.15, -0.1) is 0 Å². The molecule has 2 N–H and O–H groups in total. The minimum absolute atomic E-state index is 0.133. The predicted molar refractivity (Wildman–Crippen MR) is 79.3 cm³/mol. The van der Waals surface area contributed by atoms with Crippen LogP contribution in [0, 0.1) is 0 Å². The lowest BCUT2D eigenvalue weighted by Gasteiger charge is -2.32. The Bertz CT molecular complexity index is 466. The average molecular weight is 260 g/mol. The highest BCUT2D eigenvalue weighted by Gasteiger charge is 2.27. The third-order valence-electron chi connectivity index (χ3n) is 3.70. The molecule has 0 spiro atoms. The van der Waals surface area contributed by atoms with Gasteiger partial charge in [-0.05, 0) is 50.3 Å². The molecular weight excluding hydrogens is 236 g/mol. The molecule has 1 aromatic carbocycles. The van der Waals surface area contributed by atoms with Crippen molar-refractivity contribution in [2.24, 2.45) is 0 Å². The van der Waals surface area contributed by atoms with Crippen LogP contribution in [-0.4, -0.2) is 12.5 Å². The Hall–Kier alpha value is -1.51. The molecule has 0 atom stereocenters. The van der Waals surface area contributed by atoms with E-state index >= 15 is 0 Å². The molecule has 0 unspecified atom stereocenters. The van der Waals surface area contributed by atoms with Crippen LogP contribution < -0.4 is 10.6 Å². The van der Waals surface area contributed by atoms with Gasteiger partial charge in [0.15, 0.2) is 0 Å². The molecule has 3 heteroatoms. The summed E-state index contributed by atoms with van der Waals surface area (Å²) in [7, 11) is 0. The summed E-state index contributed by atoms with van der Waals surface area (Å²) in [6.07, 6.45) is 3.72. The molecule has 104 valence electrons. The van der Waals surface area contributed by atoms with Gasteiger partial charge in [-0.25, -0.2) is 0 Å². The van der Waals surface area contributed by atoms with E-state index in [-0.39, 0.29) is 11.4 Å². The summed E-state index contributed by atoms with van der Waals surface area (Å²) in [4.78, 5) is 11.9. The maximum atomic E-state index is 11.9. The first-order valence-corrected chi connectivity index (χ1v) is 7.22. The number of carbonyl (C=O) groups is 1. The average Bonchev–Trinajstić information content (AvgIpc) is 2.37. The second kappa shape index (κ2) is 5.64. The van der Waals surface area contributed by atoms with E-state index < -0.39 is 0 Å². The summed E-state index contributed by atoms with van der Waals surface area (Å²) < 4.78 is 0. The maximum Gasteiger partial charge on any atom is 0.220 e. The molecule has 0 bridgehead atoms. The smallest absolute Gasteiger partial charge is 0.220 e. The van der Waals surface area contributed by atoms with Crippen molar-refractivity contribution in [3.8, 4) is 0 Å². The minimum Gasteiger partial charge on any atom is -0.385 e. The molecular formula is C16H24N2O. The van der Waals surface area contributed by atoms with Gasteiger partial charge in [-0.1, -0.05) is 19.1 Å². The van der Waals surface area contributed by atoms with Crippen molar-refractivity contribution < 1.29 is 4.79 Å². The number of anilines is 1. The van der Waals surface area contributed by atoms with E-state index in [2.05, 4.69) is 42.7 Å². The number of nitrogens with one attached hydrogen (secondary N) is 2. The van der Waals surface area contributed by atoms with E-state index in [9.17, 15) is 4.79 Å². The number of benzene rings is 1. The zero-order valence-corrected chi connectivity index (χ0v) is 12.2. The number of carbonyl (C=O) groups excluding carboxylic acids is 1. The lowest BCUT2D eigenvalue weighted by Crippen LogP contribution is -2.41. The van der Waals surface area contributed by atoms with Crippen molar-refractivity contribution in [3.63, 3.8) is 0 Å². The van der Waals surface area contributed by atoms with Crippen LogP contribution in [0.3, 0.4) is 0 Å². The molecule has 1 aliphatic heterocycles.